The van der Waals surface area contributed by atoms with E-state index in [1.807, 2.05) is 25.3 Å². The molecule has 0 aliphatic carbocycles. The van der Waals surface area contributed by atoms with Gasteiger partial charge in [-0.2, -0.15) is 0 Å². The number of fused-ring (bicyclic) bond motifs is 1. The number of benzene rings is 1. The van der Waals surface area contributed by atoms with E-state index in [1.54, 1.807) is 36.9 Å². The largest absolute Gasteiger partial charge is 0.354 e. The van der Waals surface area contributed by atoms with Gasteiger partial charge in [-0.1, -0.05) is 18.1 Å². The quantitative estimate of drug-likeness (QED) is 0.374. The third-order valence-corrected chi connectivity index (χ3v) is 6.08. The second kappa shape index (κ2) is 10.3. The van der Waals surface area contributed by atoms with Crippen LogP contribution in [0, 0.1) is 11.8 Å². The summed E-state index contributed by atoms with van der Waals surface area (Å²) in [6.45, 7) is 4.36. The van der Waals surface area contributed by atoms with Crippen molar-refractivity contribution in [1.82, 2.24) is 30.2 Å². The van der Waals surface area contributed by atoms with Crippen LogP contribution in [0.4, 0.5) is 11.8 Å². The molecule has 4 aromatic rings. The Morgan fingerprint density at radius 1 is 1.17 bits per heavy atom. The zero-order chi connectivity index (χ0) is 24.0. The summed E-state index contributed by atoms with van der Waals surface area (Å²) in [5, 5.41) is 7.22. The summed E-state index contributed by atoms with van der Waals surface area (Å²) in [5.74, 6) is 6.96. The number of nitrogens with one attached hydrogen (secondary N) is 3. The van der Waals surface area contributed by atoms with Gasteiger partial charge in [-0.05, 0) is 43.5 Å². The Labute approximate surface area is 203 Å². The summed E-state index contributed by atoms with van der Waals surface area (Å²) in [6, 6.07) is 9.53. The first-order valence-corrected chi connectivity index (χ1v) is 11.6. The molecule has 9 heteroatoms. The van der Waals surface area contributed by atoms with Crippen LogP contribution in [0.5, 0.6) is 0 Å². The molecule has 3 N–H and O–H groups in total. The monoisotopic (exact) mass is 466 g/mol. The first kappa shape index (κ1) is 22.5. The molecule has 1 aliphatic rings. The third-order valence-electron chi connectivity index (χ3n) is 6.08. The fourth-order valence-electron chi connectivity index (χ4n) is 4.37. The molecule has 9 nitrogen and oxygen atoms in total. The van der Waals surface area contributed by atoms with Crippen molar-refractivity contribution >= 4 is 28.7 Å². The van der Waals surface area contributed by atoms with E-state index in [0.29, 0.717) is 18.2 Å². The molecule has 4 heterocycles. The molecule has 3 aromatic heterocycles. The molecule has 5 rings (SSSR count). The lowest BCUT2D eigenvalue weighted by atomic mass is 10.0. The second-order valence-electron chi connectivity index (χ2n) is 8.32. The maximum Gasteiger partial charge on any atom is 0.258 e. The lowest BCUT2D eigenvalue weighted by Crippen LogP contribution is -2.46. The van der Waals surface area contributed by atoms with Crippen LogP contribution in [0.1, 0.15) is 30.1 Å². The summed E-state index contributed by atoms with van der Waals surface area (Å²) in [6.07, 6.45) is 8.93. The van der Waals surface area contributed by atoms with Gasteiger partial charge in [0, 0.05) is 48.8 Å². The Kier molecular flexibility index (Phi) is 6.63. The fourth-order valence-corrected chi connectivity index (χ4v) is 4.37. The van der Waals surface area contributed by atoms with Crippen molar-refractivity contribution in [3.8, 4) is 23.0 Å². The van der Waals surface area contributed by atoms with Crippen LogP contribution < -0.4 is 15.5 Å². The van der Waals surface area contributed by atoms with Crippen molar-refractivity contribution in [2.75, 3.05) is 29.9 Å². The fraction of sp³-hybridized carbons (Fsp3) is 0.269. The Morgan fingerprint density at radius 3 is 2.80 bits per heavy atom. The van der Waals surface area contributed by atoms with E-state index in [1.165, 1.54) is 0 Å². The molecule has 0 radical (unpaired) electrons. The van der Waals surface area contributed by atoms with Gasteiger partial charge in [0.2, 0.25) is 5.95 Å². The predicted octanol–water partition coefficient (Wildman–Crippen LogP) is 3.25. The zero-order valence-corrected chi connectivity index (χ0v) is 19.5. The Balaban J connectivity index is 1.39. The average molecular weight is 467 g/mol. The number of hydrogen-bond acceptors (Lipinski definition) is 7. The normalized spacial score (nSPS) is 15.5. The number of amides is 1. The molecule has 176 valence electrons. The van der Waals surface area contributed by atoms with Gasteiger partial charge in [0.1, 0.15) is 17.8 Å². The second-order valence-corrected chi connectivity index (χ2v) is 8.32. The number of nitrogens with zero attached hydrogens (tertiary/aromatic N) is 5. The predicted molar refractivity (Wildman–Crippen MR) is 136 cm³/mol. The minimum absolute atomic E-state index is 0.259. The van der Waals surface area contributed by atoms with Crippen LogP contribution in [-0.2, 0) is 0 Å². The number of anilines is 2. The zero-order valence-electron chi connectivity index (χ0n) is 19.5. The van der Waals surface area contributed by atoms with Crippen molar-refractivity contribution in [3.63, 3.8) is 0 Å². The number of aromatic amines is 1. The Morgan fingerprint density at radius 2 is 2.00 bits per heavy atom. The first-order valence-electron chi connectivity index (χ1n) is 11.6. The van der Waals surface area contributed by atoms with Crippen molar-refractivity contribution in [2.24, 2.45) is 0 Å². The van der Waals surface area contributed by atoms with E-state index >= 15 is 0 Å². The summed E-state index contributed by atoms with van der Waals surface area (Å²) < 4.78 is 0. The van der Waals surface area contributed by atoms with E-state index in [4.69, 9.17) is 0 Å². The highest BCUT2D eigenvalue weighted by Crippen LogP contribution is 2.34. The molecule has 0 saturated carbocycles. The highest BCUT2D eigenvalue weighted by Gasteiger charge is 2.24. The number of carbonyl (C=O) groups is 1. The van der Waals surface area contributed by atoms with E-state index in [9.17, 15) is 4.79 Å². The van der Waals surface area contributed by atoms with Gasteiger partial charge < -0.3 is 15.2 Å². The lowest BCUT2D eigenvalue weighted by molar-refractivity contribution is 0.102. The minimum atomic E-state index is -0.259. The van der Waals surface area contributed by atoms with Crippen LogP contribution in [0.15, 0.2) is 55.2 Å². The molecule has 0 bridgehead atoms. The molecule has 1 saturated heterocycles. The van der Waals surface area contributed by atoms with Gasteiger partial charge in [0.15, 0.2) is 0 Å². The number of H-pyrrole nitrogens is 1. The van der Waals surface area contributed by atoms with E-state index in [2.05, 4.69) is 52.3 Å². The third kappa shape index (κ3) is 4.98. The van der Waals surface area contributed by atoms with Gasteiger partial charge in [0.25, 0.3) is 5.91 Å². The smallest absolute Gasteiger partial charge is 0.258 e. The van der Waals surface area contributed by atoms with Crippen molar-refractivity contribution in [2.45, 2.75) is 25.8 Å². The SMILES string of the molecule is CC#CCN[C@H]1CCCN(c2ncnc3[nH]cc(-c4ccc(C(=O)Nc5ncccn5)cc4)c23)C1. The van der Waals surface area contributed by atoms with Gasteiger partial charge in [-0.3, -0.25) is 10.1 Å². The van der Waals surface area contributed by atoms with Gasteiger partial charge in [-0.25, -0.2) is 19.9 Å². The van der Waals surface area contributed by atoms with Crippen LogP contribution in [0.2, 0.25) is 0 Å². The number of rotatable bonds is 6. The van der Waals surface area contributed by atoms with Crippen LogP contribution in [0.25, 0.3) is 22.2 Å². The molecule has 1 aromatic carbocycles. The van der Waals surface area contributed by atoms with Crippen molar-refractivity contribution < 1.29 is 4.79 Å². The maximum atomic E-state index is 12.6. The molecule has 0 spiro atoms. The van der Waals surface area contributed by atoms with Gasteiger partial charge in [-0.15, -0.1) is 5.92 Å². The highest BCUT2D eigenvalue weighted by molar-refractivity contribution is 6.05. The summed E-state index contributed by atoms with van der Waals surface area (Å²) in [4.78, 5) is 35.4. The summed E-state index contributed by atoms with van der Waals surface area (Å²) in [7, 11) is 0. The van der Waals surface area contributed by atoms with E-state index < -0.39 is 0 Å². The summed E-state index contributed by atoms with van der Waals surface area (Å²) >= 11 is 0. The topological polar surface area (TPSA) is 112 Å². The van der Waals surface area contributed by atoms with E-state index in [-0.39, 0.29) is 11.9 Å². The van der Waals surface area contributed by atoms with Crippen molar-refractivity contribution in [1.29, 1.82) is 0 Å². The number of carbonyl (C=O) groups excluding carboxylic acids is 1. The van der Waals surface area contributed by atoms with Crippen LogP contribution >= 0.6 is 0 Å². The minimum Gasteiger partial charge on any atom is -0.354 e. The molecule has 1 amide bonds. The van der Waals surface area contributed by atoms with Crippen LogP contribution in [-0.4, -0.2) is 56.5 Å². The Hall–Kier alpha value is -4.29. The van der Waals surface area contributed by atoms with Crippen LogP contribution in [0.3, 0.4) is 0 Å². The number of piperidine rings is 1. The first-order chi connectivity index (χ1) is 17.2. The molecule has 0 unspecified atom stereocenters. The highest BCUT2D eigenvalue weighted by atomic mass is 16.1. The van der Waals surface area contributed by atoms with Gasteiger partial charge in [0.05, 0.1) is 11.9 Å². The molecular weight excluding hydrogens is 440 g/mol. The van der Waals surface area contributed by atoms with E-state index in [0.717, 1.165) is 53.9 Å². The maximum absolute atomic E-state index is 12.6. The lowest BCUT2D eigenvalue weighted by Gasteiger charge is -2.34. The number of hydrogen-bond donors (Lipinski definition) is 3. The van der Waals surface area contributed by atoms with Gasteiger partial charge >= 0.3 is 0 Å². The summed E-state index contributed by atoms with van der Waals surface area (Å²) in [5.41, 5.74) is 3.29. The standard InChI is InChI=1S/C26H26N8O/c1-2-3-11-27-20-6-4-14-34(16-20)24-22-21(15-30-23(22)31-17-32-24)18-7-9-19(10-8-18)25(35)33-26-28-12-5-13-29-26/h5,7-10,12-13,15,17,20,27H,4,6,11,14,16H2,1H3,(H,30,31,32)(H,28,29,33,35)/t20-/m0/s1. The average Bonchev–Trinajstić information content (AvgIpc) is 3.34. The Bertz CT molecular complexity index is 1370. The number of aromatic nitrogens is 5. The molecule has 1 aliphatic heterocycles. The molecule has 1 fully saturated rings. The van der Waals surface area contributed by atoms with Crippen molar-refractivity contribution in [3.05, 3.63) is 60.8 Å². The molecular formula is C26H26N8O. The molecule has 35 heavy (non-hydrogen) atoms. The molecule has 1 atom stereocenters.